The second kappa shape index (κ2) is 10.4. The van der Waals surface area contributed by atoms with Gasteiger partial charge in [-0.25, -0.2) is 5.26 Å². The van der Waals surface area contributed by atoms with Crippen LogP contribution in [-0.2, 0) is 19.5 Å². The average molecular weight is 402 g/mol. The van der Waals surface area contributed by atoms with Crippen molar-refractivity contribution < 1.29 is 37.1 Å². The van der Waals surface area contributed by atoms with Crippen molar-refractivity contribution >= 4 is 22.2 Å². The van der Waals surface area contributed by atoms with E-state index in [-0.39, 0.29) is 6.61 Å². The van der Waals surface area contributed by atoms with E-state index in [1.165, 1.54) is 0 Å². The Morgan fingerprint density at radius 2 is 1.42 bits per heavy atom. The molecule has 2 rings (SSSR count). The highest BCUT2D eigenvalue weighted by Crippen LogP contribution is 2.36. The average Bonchev–Trinajstić information content (AvgIpc) is 2.61. The van der Waals surface area contributed by atoms with E-state index in [1.54, 1.807) is 18.2 Å². The van der Waals surface area contributed by atoms with Gasteiger partial charge in [-0.05, 0) is 12.1 Å². The fourth-order valence-electron chi connectivity index (χ4n) is 2.13. The van der Waals surface area contributed by atoms with Gasteiger partial charge < -0.3 is 9.47 Å². The van der Waals surface area contributed by atoms with E-state index in [4.69, 9.17) is 19.3 Å². The van der Waals surface area contributed by atoms with Gasteiger partial charge in [-0.15, -0.1) is 4.33 Å². The molecule has 0 aliphatic heterocycles. The topological polar surface area (TPSA) is 112 Å². The molecule has 0 atom stereocenters. The third-order valence-corrected chi connectivity index (χ3v) is 4.34. The van der Waals surface area contributed by atoms with E-state index >= 15 is 0 Å². The SMILES string of the molecule is O=S(=O)(O)CCOc1ccccc1-c1ccccc1OCCSOOO. The van der Waals surface area contributed by atoms with Gasteiger partial charge in [-0.3, -0.25) is 4.55 Å². The lowest BCUT2D eigenvalue weighted by Crippen LogP contribution is -2.13. The summed E-state index contributed by atoms with van der Waals surface area (Å²) >= 11 is 0.888. The third-order valence-electron chi connectivity index (χ3n) is 3.17. The fourth-order valence-corrected chi connectivity index (χ4v) is 2.68. The van der Waals surface area contributed by atoms with Gasteiger partial charge in [0.1, 0.15) is 23.9 Å². The molecular formula is C16H18O8S2. The van der Waals surface area contributed by atoms with Gasteiger partial charge in [0.2, 0.25) is 0 Å². The van der Waals surface area contributed by atoms with Gasteiger partial charge in [0.25, 0.3) is 10.1 Å². The fraction of sp³-hybridized carbons (Fsp3) is 0.250. The van der Waals surface area contributed by atoms with Crippen molar-refractivity contribution in [3.63, 3.8) is 0 Å². The van der Waals surface area contributed by atoms with Gasteiger partial charge in [-0.1, -0.05) is 41.4 Å². The first kappa shape index (κ1) is 20.5. The summed E-state index contributed by atoms with van der Waals surface area (Å²) in [6, 6.07) is 14.4. The van der Waals surface area contributed by atoms with Crippen LogP contribution in [0.15, 0.2) is 48.5 Å². The quantitative estimate of drug-likeness (QED) is 0.192. The van der Waals surface area contributed by atoms with E-state index in [0.29, 0.717) is 23.9 Å². The predicted octanol–water partition coefficient (Wildman–Crippen LogP) is 3.07. The molecule has 0 aromatic heterocycles. The Labute approximate surface area is 155 Å². The Morgan fingerprint density at radius 3 is 1.96 bits per heavy atom. The molecule has 0 fully saturated rings. The highest BCUT2D eigenvalue weighted by atomic mass is 32.2. The lowest BCUT2D eigenvalue weighted by Gasteiger charge is -2.15. The number of ether oxygens (including phenoxy) is 2. The lowest BCUT2D eigenvalue weighted by atomic mass is 10.0. The van der Waals surface area contributed by atoms with Crippen LogP contribution in [0.4, 0.5) is 0 Å². The molecule has 0 saturated heterocycles. The van der Waals surface area contributed by atoms with Crippen LogP contribution in [0.1, 0.15) is 0 Å². The van der Waals surface area contributed by atoms with Crippen LogP contribution >= 0.6 is 12.0 Å². The summed E-state index contributed by atoms with van der Waals surface area (Å²) in [7, 11) is -4.09. The third kappa shape index (κ3) is 6.83. The van der Waals surface area contributed by atoms with Crippen molar-refractivity contribution in [2.75, 3.05) is 24.7 Å². The molecule has 2 aromatic rings. The summed E-state index contributed by atoms with van der Waals surface area (Å²) in [4.78, 5) is 0. The van der Waals surface area contributed by atoms with Crippen molar-refractivity contribution in [3.8, 4) is 22.6 Å². The molecule has 0 radical (unpaired) electrons. The molecule has 0 amide bonds. The molecule has 0 heterocycles. The van der Waals surface area contributed by atoms with Crippen LogP contribution in [-0.4, -0.2) is 42.9 Å². The first-order chi connectivity index (χ1) is 12.5. The molecule has 0 spiro atoms. The van der Waals surface area contributed by atoms with Gasteiger partial charge in [0, 0.05) is 23.2 Å². The highest BCUT2D eigenvalue weighted by Gasteiger charge is 2.12. The van der Waals surface area contributed by atoms with Crippen LogP contribution in [0.2, 0.25) is 0 Å². The summed E-state index contributed by atoms with van der Waals surface area (Å²) in [6.45, 7) is 0.130. The molecule has 142 valence electrons. The Bertz CT molecular complexity index is 794. The molecular weight excluding hydrogens is 384 g/mol. The zero-order chi connectivity index (χ0) is 18.8. The van der Waals surface area contributed by atoms with Gasteiger partial charge >= 0.3 is 0 Å². The van der Waals surface area contributed by atoms with Crippen LogP contribution < -0.4 is 9.47 Å². The lowest BCUT2D eigenvalue weighted by molar-refractivity contribution is -0.432. The normalized spacial score (nSPS) is 11.3. The van der Waals surface area contributed by atoms with Crippen molar-refractivity contribution in [2.24, 2.45) is 0 Å². The van der Waals surface area contributed by atoms with Gasteiger partial charge in [0.05, 0.1) is 12.4 Å². The molecule has 2 aromatic carbocycles. The van der Waals surface area contributed by atoms with Crippen molar-refractivity contribution in [1.29, 1.82) is 0 Å². The zero-order valence-corrected chi connectivity index (χ0v) is 15.2. The van der Waals surface area contributed by atoms with E-state index in [9.17, 15) is 8.42 Å². The Balaban J connectivity index is 2.12. The van der Waals surface area contributed by atoms with E-state index in [0.717, 1.165) is 23.2 Å². The summed E-state index contributed by atoms with van der Waals surface area (Å²) < 4.78 is 46.0. The van der Waals surface area contributed by atoms with Crippen LogP contribution in [0.25, 0.3) is 11.1 Å². The summed E-state index contributed by atoms with van der Waals surface area (Å²) in [5, 5.41) is 11.6. The summed E-state index contributed by atoms with van der Waals surface area (Å²) in [5.41, 5.74) is 1.49. The van der Waals surface area contributed by atoms with Crippen LogP contribution in [0.3, 0.4) is 0 Å². The Kier molecular flexibility index (Phi) is 8.16. The van der Waals surface area contributed by atoms with E-state index < -0.39 is 15.9 Å². The molecule has 26 heavy (non-hydrogen) atoms. The predicted molar refractivity (Wildman–Crippen MR) is 96.5 cm³/mol. The Morgan fingerprint density at radius 1 is 0.885 bits per heavy atom. The second-order valence-electron chi connectivity index (χ2n) is 4.94. The second-order valence-corrected chi connectivity index (χ2v) is 7.29. The van der Waals surface area contributed by atoms with Crippen molar-refractivity contribution in [2.45, 2.75) is 0 Å². The highest BCUT2D eigenvalue weighted by molar-refractivity contribution is 7.94. The van der Waals surface area contributed by atoms with Crippen molar-refractivity contribution in [3.05, 3.63) is 48.5 Å². The number of hydrogen-bond acceptors (Lipinski definition) is 8. The summed E-state index contributed by atoms with van der Waals surface area (Å²) in [6.07, 6.45) is 0. The molecule has 8 nitrogen and oxygen atoms in total. The first-order valence-corrected chi connectivity index (χ1v) is 10.0. The van der Waals surface area contributed by atoms with Crippen LogP contribution in [0.5, 0.6) is 11.5 Å². The van der Waals surface area contributed by atoms with Gasteiger partial charge in [0.15, 0.2) is 0 Å². The van der Waals surface area contributed by atoms with E-state index in [1.807, 2.05) is 30.3 Å². The minimum absolute atomic E-state index is 0.173. The maximum absolute atomic E-state index is 10.8. The monoisotopic (exact) mass is 402 g/mol. The maximum Gasteiger partial charge on any atom is 0.268 e. The van der Waals surface area contributed by atoms with Crippen LogP contribution in [0, 0.1) is 0 Å². The molecule has 0 aliphatic rings. The molecule has 10 heteroatoms. The largest absolute Gasteiger partial charge is 0.492 e. The Hall–Kier alpha value is -1.82. The number of rotatable bonds is 11. The molecule has 0 saturated carbocycles. The molecule has 2 N–H and O–H groups in total. The molecule has 0 unspecified atom stereocenters. The van der Waals surface area contributed by atoms with Crippen molar-refractivity contribution in [1.82, 2.24) is 0 Å². The smallest absolute Gasteiger partial charge is 0.268 e. The molecule has 0 aliphatic carbocycles. The minimum Gasteiger partial charge on any atom is -0.492 e. The zero-order valence-electron chi connectivity index (χ0n) is 13.6. The summed E-state index contributed by atoms with van der Waals surface area (Å²) in [5.74, 6) is 0.993. The number of hydrogen-bond donors (Lipinski definition) is 2. The standard InChI is InChI=1S/C16H18O8S2/c17-23-24-25-11-9-21-15-7-3-1-5-13(15)14-6-2-4-8-16(14)22-10-12-26(18,19)20/h1-8,17H,9-12H2,(H,18,19,20). The maximum atomic E-state index is 10.8. The number of para-hydroxylation sites is 2. The minimum atomic E-state index is -4.09. The van der Waals surface area contributed by atoms with Gasteiger partial charge in [-0.2, -0.15) is 8.42 Å². The first-order valence-electron chi connectivity index (χ1n) is 7.50. The number of benzene rings is 2. The molecule has 0 bridgehead atoms. The van der Waals surface area contributed by atoms with E-state index in [2.05, 4.69) is 9.37 Å².